The van der Waals surface area contributed by atoms with Gasteiger partial charge in [0, 0.05) is 23.9 Å². The monoisotopic (exact) mass is 271 g/mol. The van der Waals surface area contributed by atoms with E-state index in [1.54, 1.807) is 18.0 Å². The Kier molecular flexibility index (Phi) is 2.85. The maximum absolute atomic E-state index is 10.8. The zero-order chi connectivity index (χ0) is 9.35. The fourth-order valence-electron chi connectivity index (χ4n) is 0.769. The summed E-state index contributed by atoms with van der Waals surface area (Å²) >= 11 is 3.30. The third kappa shape index (κ3) is 2.24. The lowest BCUT2D eigenvalue weighted by Crippen LogP contribution is -2.22. The van der Waals surface area contributed by atoms with Gasteiger partial charge in [-0.25, -0.2) is 8.42 Å². The first-order valence-electron chi connectivity index (χ1n) is 3.12. The smallest absolute Gasteiger partial charge is 0.262 e. The summed E-state index contributed by atoms with van der Waals surface area (Å²) in [5, 5.41) is 0. The lowest BCUT2D eigenvalue weighted by molar-refractivity contribution is 0.477. The summed E-state index contributed by atoms with van der Waals surface area (Å²) in [4.78, 5) is 1.84. The number of allylic oxidation sites excluding steroid dienone is 1. The van der Waals surface area contributed by atoms with Crippen LogP contribution in [-0.2, 0) is 9.05 Å². The van der Waals surface area contributed by atoms with Crippen molar-refractivity contribution in [2.24, 2.45) is 0 Å². The summed E-state index contributed by atoms with van der Waals surface area (Å²) in [5.41, 5.74) is 0. The molecule has 0 aromatic carbocycles. The Morgan fingerprint density at radius 1 is 1.67 bits per heavy atom. The third-order valence-corrected chi connectivity index (χ3v) is 3.71. The van der Waals surface area contributed by atoms with Gasteiger partial charge in [0.05, 0.1) is 4.91 Å². The first-order chi connectivity index (χ1) is 5.41. The molecule has 0 saturated heterocycles. The van der Waals surface area contributed by atoms with Crippen LogP contribution < -0.4 is 0 Å². The Labute approximate surface area is 84.2 Å². The van der Waals surface area contributed by atoms with E-state index < -0.39 is 9.05 Å². The summed E-state index contributed by atoms with van der Waals surface area (Å²) < 4.78 is 21.7. The van der Waals surface area contributed by atoms with Gasteiger partial charge in [-0.15, -0.1) is 0 Å². The molecule has 1 atom stereocenters. The van der Waals surface area contributed by atoms with Gasteiger partial charge in [0.15, 0.2) is 0 Å². The van der Waals surface area contributed by atoms with Crippen molar-refractivity contribution in [3.05, 3.63) is 23.3 Å². The molecule has 1 aliphatic heterocycles. The molecule has 0 bridgehead atoms. The van der Waals surface area contributed by atoms with Crippen molar-refractivity contribution in [2.45, 2.75) is 4.95 Å². The Bertz CT molecular complexity index is 335. The molecular formula is C6H7BrClNO2S. The second-order valence-electron chi connectivity index (χ2n) is 2.37. The summed E-state index contributed by atoms with van der Waals surface area (Å²) in [5.74, 6) is 0. The van der Waals surface area contributed by atoms with Crippen LogP contribution >= 0.6 is 26.6 Å². The summed E-state index contributed by atoms with van der Waals surface area (Å²) in [6, 6.07) is 0. The van der Waals surface area contributed by atoms with Crippen LogP contribution in [0, 0.1) is 0 Å². The number of hydrogen-bond acceptors (Lipinski definition) is 3. The maximum atomic E-state index is 10.8. The molecule has 1 heterocycles. The van der Waals surface area contributed by atoms with Crippen LogP contribution in [0.15, 0.2) is 23.3 Å². The number of rotatable bonds is 1. The maximum Gasteiger partial charge on any atom is 0.262 e. The highest BCUT2D eigenvalue weighted by molar-refractivity contribution is 9.09. The summed E-state index contributed by atoms with van der Waals surface area (Å²) in [7, 11) is 3.29. The van der Waals surface area contributed by atoms with Gasteiger partial charge in [0.2, 0.25) is 0 Å². The van der Waals surface area contributed by atoms with Crippen molar-refractivity contribution in [1.29, 1.82) is 0 Å². The summed E-state index contributed by atoms with van der Waals surface area (Å²) in [6.07, 6.45) is 4.65. The van der Waals surface area contributed by atoms with Crippen molar-refractivity contribution in [3.8, 4) is 0 Å². The molecular weight excluding hydrogens is 265 g/mol. The standard InChI is InChI=1S/C6H7BrClNO2S/c1-9-4-5(12(8,10)11)2-3-6(9)7/h2-4,6H,1H3. The van der Waals surface area contributed by atoms with Crippen molar-refractivity contribution in [1.82, 2.24) is 4.90 Å². The number of nitrogens with zero attached hydrogens (tertiary/aromatic N) is 1. The highest BCUT2D eigenvalue weighted by Gasteiger charge is 2.17. The zero-order valence-electron chi connectivity index (χ0n) is 6.24. The van der Waals surface area contributed by atoms with Crippen LogP contribution in [0.5, 0.6) is 0 Å². The first-order valence-corrected chi connectivity index (χ1v) is 6.34. The molecule has 6 heteroatoms. The molecule has 0 aromatic rings. The van der Waals surface area contributed by atoms with E-state index in [0.717, 1.165) is 0 Å². The fraction of sp³-hybridized carbons (Fsp3) is 0.333. The van der Waals surface area contributed by atoms with E-state index in [9.17, 15) is 8.42 Å². The van der Waals surface area contributed by atoms with Gasteiger partial charge in [-0.05, 0) is 6.08 Å². The normalized spacial score (nSPS) is 24.1. The second-order valence-corrected chi connectivity index (χ2v) is 5.87. The quantitative estimate of drug-likeness (QED) is 0.413. The molecule has 1 aliphatic rings. The molecule has 0 N–H and O–H groups in total. The van der Waals surface area contributed by atoms with Gasteiger partial charge in [0.1, 0.15) is 4.95 Å². The van der Waals surface area contributed by atoms with Crippen LogP contribution in [0.3, 0.4) is 0 Å². The zero-order valence-corrected chi connectivity index (χ0v) is 9.40. The molecule has 0 radical (unpaired) electrons. The predicted molar refractivity (Wildman–Crippen MR) is 52.5 cm³/mol. The van der Waals surface area contributed by atoms with E-state index in [0.29, 0.717) is 0 Å². The van der Waals surface area contributed by atoms with Gasteiger partial charge >= 0.3 is 0 Å². The number of halogens is 2. The summed E-state index contributed by atoms with van der Waals surface area (Å²) in [6.45, 7) is 0. The van der Waals surface area contributed by atoms with E-state index in [-0.39, 0.29) is 9.86 Å². The van der Waals surface area contributed by atoms with Gasteiger partial charge in [-0.3, -0.25) is 0 Å². The molecule has 0 aromatic heterocycles. The molecule has 12 heavy (non-hydrogen) atoms. The molecule has 1 rings (SSSR count). The highest BCUT2D eigenvalue weighted by atomic mass is 79.9. The Hall–Kier alpha value is -0.0000000000000000555. The van der Waals surface area contributed by atoms with Crippen LogP contribution in [0.2, 0.25) is 0 Å². The molecule has 68 valence electrons. The average Bonchev–Trinajstić information content (AvgIpc) is 1.92. The predicted octanol–water partition coefficient (Wildman–Crippen LogP) is 1.62. The second kappa shape index (κ2) is 3.40. The minimum Gasteiger partial charge on any atom is -0.363 e. The van der Waals surface area contributed by atoms with E-state index >= 15 is 0 Å². The molecule has 0 amide bonds. The minimum absolute atomic E-state index is 0.0275. The lowest BCUT2D eigenvalue weighted by atomic mass is 10.4. The van der Waals surface area contributed by atoms with Crippen molar-refractivity contribution < 1.29 is 8.42 Å². The van der Waals surface area contributed by atoms with Crippen LogP contribution in [0.1, 0.15) is 0 Å². The SMILES string of the molecule is CN1C=C(S(=O)(=O)Cl)C=CC1Br. The Morgan fingerprint density at radius 2 is 2.25 bits per heavy atom. The van der Waals surface area contributed by atoms with E-state index in [2.05, 4.69) is 15.9 Å². The number of likely N-dealkylation sites (N-methyl/N-ethyl adjacent to an activating group) is 1. The molecule has 0 fully saturated rings. The number of alkyl halides is 1. The van der Waals surface area contributed by atoms with Crippen LogP contribution in [0.25, 0.3) is 0 Å². The fourth-order valence-corrected chi connectivity index (χ4v) is 1.85. The molecule has 0 aliphatic carbocycles. The highest BCUT2D eigenvalue weighted by Crippen LogP contribution is 2.21. The van der Waals surface area contributed by atoms with E-state index in [1.165, 1.54) is 12.3 Å². The molecule has 1 unspecified atom stereocenters. The van der Waals surface area contributed by atoms with Gasteiger partial charge < -0.3 is 4.90 Å². The molecule has 0 spiro atoms. The van der Waals surface area contributed by atoms with Crippen molar-refractivity contribution >= 4 is 35.7 Å². The number of hydrogen-bond donors (Lipinski definition) is 0. The lowest BCUT2D eigenvalue weighted by Gasteiger charge is -2.22. The van der Waals surface area contributed by atoms with Crippen LogP contribution in [-0.4, -0.2) is 25.3 Å². The first kappa shape index (κ1) is 10.1. The molecule has 0 saturated carbocycles. The van der Waals surface area contributed by atoms with Gasteiger partial charge in [-0.2, -0.15) is 0 Å². The van der Waals surface area contributed by atoms with Gasteiger partial charge in [0.25, 0.3) is 9.05 Å². The minimum atomic E-state index is -3.60. The molecule has 3 nitrogen and oxygen atoms in total. The van der Waals surface area contributed by atoms with Crippen molar-refractivity contribution in [2.75, 3.05) is 7.05 Å². The largest absolute Gasteiger partial charge is 0.363 e. The van der Waals surface area contributed by atoms with Gasteiger partial charge in [-0.1, -0.05) is 22.0 Å². The Balaban J connectivity index is 2.99. The van der Waals surface area contributed by atoms with Crippen molar-refractivity contribution in [3.63, 3.8) is 0 Å². The van der Waals surface area contributed by atoms with Crippen LogP contribution in [0.4, 0.5) is 0 Å². The topological polar surface area (TPSA) is 37.4 Å². The third-order valence-electron chi connectivity index (χ3n) is 1.42. The van der Waals surface area contributed by atoms with E-state index in [1.807, 2.05) is 0 Å². The average molecular weight is 273 g/mol. The Morgan fingerprint density at radius 3 is 2.67 bits per heavy atom. The van der Waals surface area contributed by atoms with E-state index in [4.69, 9.17) is 10.7 Å².